The van der Waals surface area contributed by atoms with Crippen LogP contribution in [0.3, 0.4) is 0 Å². The number of carbonyl (C=O) groups is 4. The SMILES string of the molecule is CCN(CC)c1ccc2c(c1)Oc1cc(N(CC)CC)ccc1C21c2ccccc2C(=O)N1NC(=O)C(=O)NN1C(=O)c2ccccc2C12c1ccc(N(CC)CC)cc1Oc1cc(N(CC)CC)ccc12. The summed E-state index contributed by atoms with van der Waals surface area (Å²) in [4.78, 5) is 69.2. The zero-order valence-electron chi connectivity index (χ0n) is 42.3. The normalized spacial score (nSPS) is 14.8. The standard InChI is InChI=1S/C58H62N8O6/c1-9-61(10-2)37-25-29-45-49(33-37)71-50-34-38(62(11-3)12-4)26-30-46(50)57(45)43-23-19-17-21-41(43)55(69)65(57)59-53(67)54(68)60-66-56(70)42-22-18-20-24-44(42)58(66)47-31-27-39(63(13-5)14-6)35-51(47)72-52-36-40(28-32-48(52)58)64(15-7)16-8/h17-36H,9-16H2,1-8H3,(H,59,67)(H,60,68). The lowest BCUT2D eigenvalue weighted by Crippen LogP contribution is -2.62. The van der Waals surface area contributed by atoms with Gasteiger partial charge in [0.1, 0.15) is 34.1 Å². The van der Waals surface area contributed by atoms with E-state index in [1.807, 2.05) is 97.1 Å². The fourth-order valence-electron chi connectivity index (χ4n) is 11.6. The zero-order valence-corrected chi connectivity index (χ0v) is 42.3. The van der Waals surface area contributed by atoms with E-state index >= 15 is 19.2 Å². The van der Waals surface area contributed by atoms with Crippen molar-refractivity contribution in [3.63, 3.8) is 0 Å². The first-order valence-electron chi connectivity index (χ1n) is 25.4. The number of hydrazine groups is 2. The smallest absolute Gasteiger partial charge is 0.329 e. The van der Waals surface area contributed by atoms with Crippen molar-refractivity contribution >= 4 is 46.4 Å². The fourth-order valence-corrected chi connectivity index (χ4v) is 11.6. The zero-order chi connectivity index (χ0) is 50.6. The van der Waals surface area contributed by atoms with Crippen molar-refractivity contribution in [1.82, 2.24) is 20.9 Å². The van der Waals surface area contributed by atoms with Gasteiger partial charge in [-0.15, -0.1) is 0 Å². The maximum atomic E-state index is 15.1. The van der Waals surface area contributed by atoms with Crippen LogP contribution in [0.5, 0.6) is 23.0 Å². The van der Waals surface area contributed by atoms with Crippen LogP contribution in [0.2, 0.25) is 0 Å². The second-order valence-corrected chi connectivity index (χ2v) is 18.3. The minimum absolute atomic E-state index is 0.352. The van der Waals surface area contributed by atoms with E-state index in [-0.39, 0.29) is 0 Å². The Bertz CT molecular complexity index is 2810. The van der Waals surface area contributed by atoms with E-state index in [9.17, 15) is 0 Å². The average Bonchev–Trinajstić information content (AvgIpc) is 3.78. The van der Waals surface area contributed by atoms with Crippen LogP contribution in [0.15, 0.2) is 121 Å². The number of nitrogens with zero attached hydrogens (tertiary/aromatic N) is 6. The molecule has 4 aliphatic rings. The number of rotatable bonds is 14. The third-order valence-corrected chi connectivity index (χ3v) is 15.2. The molecule has 6 aromatic carbocycles. The van der Waals surface area contributed by atoms with E-state index in [1.54, 1.807) is 24.3 Å². The summed E-state index contributed by atoms with van der Waals surface area (Å²) in [5.74, 6) is -1.35. The molecule has 0 bridgehead atoms. The van der Waals surface area contributed by atoms with Crippen molar-refractivity contribution in [2.45, 2.75) is 66.5 Å². The van der Waals surface area contributed by atoms with Gasteiger partial charge in [0, 0.05) is 144 Å². The van der Waals surface area contributed by atoms with Crippen LogP contribution in [0.1, 0.15) is 109 Å². The molecule has 0 saturated carbocycles. The van der Waals surface area contributed by atoms with Gasteiger partial charge in [-0.3, -0.25) is 30.0 Å². The summed E-state index contributed by atoms with van der Waals surface area (Å²) in [6, 6.07) is 38.2. The highest BCUT2D eigenvalue weighted by Gasteiger charge is 2.60. The monoisotopic (exact) mass is 966 g/mol. The van der Waals surface area contributed by atoms with Crippen LogP contribution in [0, 0.1) is 0 Å². The molecule has 14 nitrogen and oxygen atoms in total. The second-order valence-electron chi connectivity index (χ2n) is 18.3. The molecule has 2 N–H and O–H groups in total. The summed E-state index contributed by atoms with van der Waals surface area (Å²) in [6.45, 7) is 22.8. The van der Waals surface area contributed by atoms with E-state index in [4.69, 9.17) is 9.47 Å². The molecule has 2 spiro atoms. The number of fused-ring (bicyclic) bond motifs is 12. The fraction of sp³-hybridized carbons (Fsp3) is 0.310. The Balaban J connectivity index is 1.11. The van der Waals surface area contributed by atoms with E-state index in [2.05, 4.69) is 85.8 Å². The van der Waals surface area contributed by atoms with Crippen LogP contribution < -0.4 is 39.9 Å². The van der Waals surface area contributed by atoms with Crippen molar-refractivity contribution in [2.75, 3.05) is 72.0 Å². The molecule has 0 aromatic heterocycles. The lowest BCUT2D eigenvalue weighted by Gasteiger charge is -2.45. The molecule has 6 aromatic rings. The Kier molecular flexibility index (Phi) is 12.3. The Hall–Kier alpha value is -8.00. The highest BCUT2D eigenvalue weighted by molar-refractivity contribution is 6.35. The molecular weight excluding hydrogens is 905 g/mol. The third kappa shape index (κ3) is 6.96. The average molecular weight is 967 g/mol. The Morgan fingerprint density at radius 3 is 0.931 bits per heavy atom. The minimum atomic E-state index is -1.49. The summed E-state index contributed by atoms with van der Waals surface area (Å²) in [5.41, 5.74) is 10.7. The van der Waals surface area contributed by atoms with Crippen LogP contribution >= 0.6 is 0 Å². The van der Waals surface area contributed by atoms with Crippen LogP contribution in [0.4, 0.5) is 22.7 Å². The lowest BCUT2D eigenvalue weighted by atomic mass is 9.75. The van der Waals surface area contributed by atoms with Gasteiger partial charge in [0.05, 0.1) is 0 Å². The molecule has 14 heteroatoms. The van der Waals surface area contributed by atoms with Crippen molar-refractivity contribution in [2.24, 2.45) is 0 Å². The first-order chi connectivity index (χ1) is 35.0. The number of hydrogen-bond donors (Lipinski definition) is 2. The first-order valence-corrected chi connectivity index (χ1v) is 25.4. The van der Waals surface area contributed by atoms with E-state index in [0.29, 0.717) is 67.5 Å². The molecule has 4 amide bonds. The number of ether oxygens (including phenoxy) is 2. The molecule has 0 radical (unpaired) electrons. The van der Waals surface area contributed by atoms with Crippen LogP contribution in [0.25, 0.3) is 0 Å². The molecule has 72 heavy (non-hydrogen) atoms. The number of anilines is 4. The maximum Gasteiger partial charge on any atom is 0.329 e. The molecule has 0 saturated heterocycles. The number of hydrogen-bond acceptors (Lipinski definition) is 10. The summed E-state index contributed by atoms with van der Waals surface area (Å²) < 4.78 is 13.7. The third-order valence-electron chi connectivity index (χ3n) is 15.2. The number of nitrogens with one attached hydrogen (secondary N) is 2. The van der Waals surface area contributed by atoms with Crippen molar-refractivity contribution in [1.29, 1.82) is 0 Å². The van der Waals surface area contributed by atoms with Gasteiger partial charge < -0.3 is 29.1 Å². The topological polar surface area (TPSA) is 130 Å². The van der Waals surface area contributed by atoms with Crippen LogP contribution in [-0.2, 0) is 20.7 Å². The Morgan fingerprint density at radius 1 is 0.403 bits per heavy atom. The largest absolute Gasteiger partial charge is 0.456 e. The van der Waals surface area contributed by atoms with Crippen molar-refractivity contribution in [3.05, 3.63) is 166 Å². The lowest BCUT2D eigenvalue weighted by molar-refractivity contribution is -0.145. The number of benzene rings is 6. The van der Waals surface area contributed by atoms with Gasteiger partial charge in [-0.2, -0.15) is 0 Å². The number of amides is 4. The summed E-state index contributed by atoms with van der Waals surface area (Å²) >= 11 is 0. The molecule has 0 unspecified atom stereocenters. The number of carbonyl (C=O) groups excluding carboxylic acids is 4. The van der Waals surface area contributed by atoms with Gasteiger partial charge in [0.25, 0.3) is 11.8 Å². The van der Waals surface area contributed by atoms with Crippen molar-refractivity contribution in [3.8, 4) is 23.0 Å². The summed E-state index contributed by atoms with van der Waals surface area (Å²) in [5, 5.41) is 2.54. The quantitative estimate of drug-likeness (QED) is 0.102. The summed E-state index contributed by atoms with van der Waals surface area (Å²) in [7, 11) is 0. The molecule has 0 fully saturated rings. The Morgan fingerprint density at radius 2 is 0.667 bits per heavy atom. The summed E-state index contributed by atoms with van der Waals surface area (Å²) in [6.07, 6.45) is 0. The molecular formula is C58H62N8O6. The van der Waals surface area contributed by atoms with Gasteiger partial charge in [-0.05, 0) is 91.8 Å². The second kappa shape index (κ2) is 18.6. The van der Waals surface area contributed by atoms with Gasteiger partial charge >= 0.3 is 11.8 Å². The van der Waals surface area contributed by atoms with Gasteiger partial charge in [0.2, 0.25) is 0 Å². The maximum absolute atomic E-state index is 15.1. The molecule has 370 valence electrons. The molecule has 0 atom stereocenters. The Labute approximate surface area is 421 Å². The molecule has 4 heterocycles. The van der Waals surface area contributed by atoms with Gasteiger partial charge in [0.15, 0.2) is 0 Å². The first kappa shape index (κ1) is 47.7. The van der Waals surface area contributed by atoms with E-state index in [0.717, 1.165) is 75.1 Å². The van der Waals surface area contributed by atoms with E-state index in [1.165, 1.54) is 10.0 Å². The van der Waals surface area contributed by atoms with Gasteiger partial charge in [-0.1, -0.05) is 60.7 Å². The minimum Gasteiger partial charge on any atom is -0.456 e. The molecule has 10 rings (SSSR count). The molecule has 4 aliphatic heterocycles. The highest BCUT2D eigenvalue weighted by atomic mass is 16.5. The van der Waals surface area contributed by atoms with E-state index < -0.39 is 34.7 Å². The van der Waals surface area contributed by atoms with Gasteiger partial charge in [-0.25, -0.2) is 10.0 Å². The molecule has 0 aliphatic carbocycles. The predicted molar refractivity (Wildman–Crippen MR) is 281 cm³/mol. The van der Waals surface area contributed by atoms with Crippen molar-refractivity contribution < 1.29 is 28.7 Å². The highest BCUT2D eigenvalue weighted by Crippen LogP contribution is 2.60. The predicted octanol–water partition coefficient (Wildman–Crippen LogP) is 9.54. The van der Waals surface area contributed by atoms with Crippen LogP contribution in [-0.4, -0.2) is 86.0 Å².